The minimum atomic E-state index is 0.338. The minimum absolute atomic E-state index is 0.338. The summed E-state index contributed by atoms with van der Waals surface area (Å²) in [6.07, 6.45) is 1.55. The van der Waals surface area contributed by atoms with Gasteiger partial charge in [0.1, 0.15) is 5.75 Å². The number of ether oxygens (including phenoxy) is 1. The highest BCUT2D eigenvalue weighted by molar-refractivity contribution is 6.32. The van der Waals surface area contributed by atoms with Gasteiger partial charge < -0.3 is 4.74 Å². The maximum absolute atomic E-state index is 5.94. The SMILES string of the molecule is Cc1ccc(Oc2cc(CCl)c(Cl)cn2)cc1C. The highest BCUT2D eigenvalue weighted by atomic mass is 35.5. The zero-order chi connectivity index (χ0) is 13.1. The van der Waals surface area contributed by atoms with Gasteiger partial charge in [-0.2, -0.15) is 0 Å². The molecule has 0 radical (unpaired) electrons. The van der Waals surface area contributed by atoms with Crippen LogP contribution in [0.3, 0.4) is 0 Å². The topological polar surface area (TPSA) is 22.1 Å². The van der Waals surface area contributed by atoms with Crippen molar-refractivity contribution in [1.29, 1.82) is 0 Å². The molecule has 18 heavy (non-hydrogen) atoms. The second-order valence-electron chi connectivity index (χ2n) is 4.10. The highest BCUT2D eigenvalue weighted by Gasteiger charge is 2.05. The number of benzene rings is 1. The number of rotatable bonds is 3. The van der Waals surface area contributed by atoms with E-state index in [1.807, 2.05) is 25.1 Å². The van der Waals surface area contributed by atoms with E-state index in [0.717, 1.165) is 11.3 Å². The third-order valence-electron chi connectivity index (χ3n) is 2.75. The first-order valence-corrected chi connectivity index (χ1v) is 6.47. The maximum Gasteiger partial charge on any atom is 0.219 e. The van der Waals surface area contributed by atoms with Crippen LogP contribution in [0.2, 0.25) is 5.02 Å². The number of aryl methyl sites for hydroxylation is 2. The summed E-state index contributed by atoms with van der Waals surface area (Å²) in [6, 6.07) is 7.67. The molecule has 1 aromatic carbocycles. The van der Waals surface area contributed by atoms with Gasteiger partial charge >= 0.3 is 0 Å². The number of pyridine rings is 1. The highest BCUT2D eigenvalue weighted by Crippen LogP contribution is 2.26. The number of nitrogens with zero attached hydrogens (tertiary/aromatic N) is 1. The molecular weight excluding hydrogens is 269 g/mol. The molecule has 0 fully saturated rings. The van der Waals surface area contributed by atoms with E-state index in [9.17, 15) is 0 Å². The number of aromatic nitrogens is 1. The zero-order valence-electron chi connectivity index (χ0n) is 10.2. The van der Waals surface area contributed by atoms with Gasteiger partial charge in [-0.3, -0.25) is 0 Å². The number of hydrogen-bond donors (Lipinski definition) is 0. The first-order chi connectivity index (χ1) is 8.60. The summed E-state index contributed by atoms with van der Waals surface area (Å²) in [5, 5.41) is 0.553. The third-order valence-corrected chi connectivity index (χ3v) is 3.38. The van der Waals surface area contributed by atoms with Gasteiger partial charge in [0.25, 0.3) is 0 Å². The fourth-order valence-electron chi connectivity index (χ4n) is 1.51. The lowest BCUT2D eigenvalue weighted by molar-refractivity contribution is 0.462. The van der Waals surface area contributed by atoms with E-state index in [1.54, 1.807) is 12.3 Å². The minimum Gasteiger partial charge on any atom is -0.439 e. The fraction of sp³-hybridized carbons (Fsp3) is 0.214. The van der Waals surface area contributed by atoms with Gasteiger partial charge in [0.2, 0.25) is 5.88 Å². The largest absolute Gasteiger partial charge is 0.439 e. The quantitative estimate of drug-likeness (QED) is 0.748. The summed E-state index contributed by atoms with van der Waals surface area (Å²) >= 11 is 11.7. The molecule has 0 N–H and O–H groups in total. The molecule has 0 amide bonds. The Kier molecular flexibility index (Phi) is 4.10. The lowest BCUT2D eigenvalue weighted by Crippen LogP contribution is -1.91. The Bertz CT molecular complexity index is 570. The summed E-state index contributed by atoms with van der Waals surface area (Å²) in [7, 11) is 0. The van der Waals surface area contributed by atoms with Crippen LogP contribution in [0.25, 0.3) is 0 Å². The van der Waals surface area contributed by atoms with Gasteiger partial charge in [-0.05, 0) is 42.7 Å². The molecule has 0 aliphatic rings. The molecule has 2 aromatic rings. The van der Waals surface area contributed by atoms with E-state index in [4.69, 9.17) is 27.9 Å². The predicted molar refractivity (Wildman–Crippen MR) is 74.8 cm³/mol. The van der Waals surface area contributed by atoms with Crippen molar-refractivity contribution in [3.8, 4) is 11.6 Å². The molecule has 0 aliphatic heterocycles. The van der Waals surface area contributed by atoms with Crippen LogP contribution < -0.4 is 4.74 Å². The second kappa shape index (κ2) is 5.59. The molecule has 2 nitrogen and oxygen atoms in total. The Balaban J connectivity index is 2.25. The Hall–Kier alpha value is -1.25. The molecule has 94 valence electrons. The van der Waals surface area contributed by atoms with Crippen LogP contribution in [0.15, 0.2) is 30.5 Å². The van der Waals surface area contributed by atoms with Gasteiger partial charge in [0.15, 0.2) is 0 Å². The maximum atomic E-state index is 5.94. The van der Waals surface area contributed by atoms with Crippen molar-refractivity contribution in [2.45, 2.75) is 19.7 Å². The molecule has 2 rings (SSSR count). The lowest BCUT2D eigenvalue weighted by atomic mass is 10.1. The van der Waals surface area contributed by atoms with Crippen LogP contribution in [-0.4, -0.2) is 4.98 Å². The Morgan fingerprint density at radius 2 is 1.94 bits per heavy atom. The zero-order valence-corrected chi connectivity index (χ0v) is 11.7. The van der Waals surface area contributed by atoms with Crippen molar-refractivity contribution in [2.75, 3.05) is 0 Å². The van der Waals surface area contributed by atoms with E-state index >= 15 is 0 Å². The molecular formula is C14H13Cl2NO. The van der Waals surface area contributed by atoms with E-state index < -0.39 is 0 Å². The smallest absolute Gasteiger partial charge is 0.219 e. The van der Waals surface area contributed by atoms with Crippen molar-refractivity contribution < 1.29 is 4.74 Å². The van der Waals surface area contributed by atoms with Crippen LogP contribution in [0.5, 0.6) is 11.6 Å². The molecule has 0 spiro atoms. The van der Waals surface area contributed by atoms with Crippen molar-refractivity contribution in [2.24, 2.45) is 0 Å². The average molecular weight is 282 g/mol. The molecule has 0 atom stereocenters. The summed E-state index contributed by atoms with van der Waals surface area (Å²) in [5.74, 6) is 1.59. The Morgan fingerprint density at radius 3 is 2.61 bits per heavy atom. The van der Waals surface area contributed by atoms with Gasteiger partial charge in [-0.25, -0.2) is 4.98 Å². The molecule has 0 saturated carbocycles. The molecule has 0 bridgehead atoms. The summed E-state index contributed by atoms with van der Waals surface area (Å²) < 4.78 is 5.68. The van der Waals surface area contributed by atoms with Crippen LogP contribution in [-0.2, 0) is 5.88 Å². The normalized spacial score (nSPS) is 10.4. The summed E-state index contributed by atoms with van der Waals surface area (Å²) in [4.78, 5) is 4.12. The number of hydrogen-bond acceptors (Lipinski definition) is 2. The van der Waals surface area contributed by atoms with Crippen molar-refractivity contribution in [3.63, 3.8) is 0 Å². The molecule has 0 saturated heterocycles. The predicted octanol–water partition coefficient (Wildman–Crippen LogP) is 4.88. The molecule has 4 heteroatoms. The standard InChI is InChI=1S/C14H13Cl2NO/c1-9-3-4-12(5-10(9)2)18-14-6-11(7-15)13(16)8-17-14/h3-6,8H,7H2,1-2H3. The van der Waals surface area contributed by atoms with E-state index in [2.05, 4.69) is 11.9 Å². The molecule has 0 aliphatic carbocycles. The van der Waals surface area contributed by atoms with Gasteiger partial charge in [-0.1, -0.05) is 17.7 Å². The fourth-order valence-corrected chi connectivity index (χ4v) is 1.97. The van der Waals surface area contributed by atoms with Crippen LogP contribution >= 0.6 is 23.2 Å². The molecule has 1 heterocycles. The van der Waals surface area contributed by atoms with Crippen LogP contribution in [0.4, 0.5) is 0 Å². The van der Waals surface area contributed by atoms with Crippen molar-refractivity contribution >= 4 is 23.2 Å². The van der Waals surface area contributed by atoms with Crippen molar-refractivity contribution in [3.05, 3.63) is 52.2 Å². The molecule has 1 aromatic heterocycles. The van der Waals surface area contributed by atoms with E-state index in [1.165, 1.54) is 11.1 Å². The Morgan fingerprint density at radius 1 is 1.17 bits per heavy atom. The number of alkyl halides is 1. The van der Waals surface area contributed by atoms with E-state index in [0.29, 0.717) is 16.8 Å². The van der Waals surface area contributed by atoms with Gasteiger partial charge in [0, 0.05) is 18.1 Å². The Labute approximate surface area is 117 Å². The average Bonchev–Trinajstić information content (AvgIpc) is 2.36. The first-order valence-electron chi connectivity index (χ1n) is 5.55. The second-order valence-corrected chi connectivity index (χ2v) is 4.77. The number of halogens is 2. The first kappa shape index (κ1) is 13.2. The van der Waals surface area contributed by atoms with Gasteiger partial charge in [-0.15, -0.1) is 11.6 Å². The van der Waals surface area contributed by atoms with Crippen molar-refractivity contribution in [1.82, 2.24) is 4.98 Å². The van der Waals surface area contributed by atoms with Gasteiger partial charge in [0.05, 0.1) is 5.02 Å². The summed E-state index contributed by atoms with van der Waals surface area (Å²) in [6.45, 7) is 4.10. The summed E-state index contributed by atoms with van der Waals surface area (Å²) in [5.41, 5.74) is 3.22. The lowest BCUT2D eigenvalue weighted by Gasteiger charge is -2.08. The van der Waals surface area contributed by atoms with E-state index in [-0.39, 0.29) is 0 Å². The van der Waals surface area contributed by atoms with Crippen LogP contribution in [0, 0.1) is 13.8 Å². The molecule has 0 unspecified atom stereocenters. The monoisotopic (exact) mass is 281 g/mol. The van der Waals surface area contributed by atoms with Crippen LogP contribution in [0.1, 0.15) is 16.7 Å². The third kappa shape index (κ3) is 2.95.